The van der Waals surface area contributed by atoms with E-state index in [9.17, 15) is 9.59 Å². The van der Waals surface area contributed by atoms with Gasteiger partial charge in [0, 0.05) is 6.54 Å². The number of halogens is 1. The first-order valence-corrected chi connectivity index (χ1v) is 5.51. The molecule has 0 atom stereocenters. The van der Waals surface area contributed by atoms with Crippen molar-refractivity contribution in [1.82, 2.24) is 13.3 Å². The van der Waals surface area contributed by atoms with Crippen LogP contribution in [-0.4, -0.2) is 39.7 Å². The van der Waals surface area contributed by atoms with E-state index in [-0.39, 0.29) is 12.1 Å². The predicted molar refractivity (Wildman–Crippen MR) is 61.1 cm³/mol. The van der Waals surface area contributed by atoms with E-state index in [2.05, 4.69) is 5.32 Å². The Bertz CT molecular complexity index is 245. The quantitative estimate of drug-likeness (QED) is 0.620. The van der Waals surface area contributed by atoms with Gasteiger partial charge in [0.05, 0.1) is 36.0 Å². The van der Waals surface area contributed by atoms with Crippen LogP contribution in [0, 0.1) is 5.92 Å². The minimum Gasteiger partial charge on any atom is -0.337 e. The molecule has 80 valence electrons. The second kappa shape index (κ2) is 4.81. The molecular weight excluding hydrogens is 297 g/mol. The summed E-state index contributed by atoms with van der Waals surface area (Å²) >= 11 is 1.91. The number of amides is 4. The molecule has 1 heterocycles. The lowest BCUT2D eigenvalue weighted by atomic mass is 10.2. The third-order valence-corrected chi connectivity index (χ3v) is 2.76. The van der Waals surface area contributed by atoms with E-state index in [4.69, 9.17) is 0 Å². The third-order valence-electron chi connectivity index (χ3n) is 1.87. The molecule has 1 saturated heterocycles. The van der Waals surface area contributed by atoms with Crippen molar-refractivity contribution < 1.29 is 9.59 Å². The summed E-state index contributed by atoms with van der Waals surface area (Å²) in [7, 11) is 0. The second-order valence-corrected chi connectivity index (χ2v) is 4.76. The Labute approximate surface area is 97.3 Å². The lowest BCUT2D eigenvalue weighted by molar-refractivity contribution is 0.195. The van der Waals surface area contributed by atoms with Crippen molar-refractivity contribution in [2.75, 3.05) is 19.6 Å². The van der Waals surface area contributed by atoms with Crippen LogP contribution in [-0.2, 0) is 0 Å². The van der Waals surface area contributed by atoms with E-state index in [1.807, 2.05) is 36.7 Å². The lowest BCUT2D eigenvalue weighted by Gasteiger charge is -2.15. The summed E-state index contributed by atoms with van der Waals surface area (Å²) in [6.07, 6.45) is 0. The zero-order valence-corrected chi connectivity index (χ0v) is 10.4. The zero-order chi connectivity index (χ0) is 10.7. The maximum Gasteiger partial charge on any atom is 0.337 e. The molecule has 5 nitrogen and oxygen atoms in total. The van der Waals surface area contributed by atoms with Gasteiger partial charge in [-0.25, -0.2) is 14.5 Å². The molecule has 1 N–H and O–H groups in total. The molecule has 0 bridgehead atoms. The van der Waals surface area contributed by atoms with Gasteiger partial charge in [0.2, 0.25) is 0 Å². The summed E-state index contributed by atoms with van der Waals surface area (Å²) in [4.78, 5) is 24.1. The second-order valence-electron chi connectivity index (χ2n) is 3.60. The molecule has 0 aromatic heterocycles. The minimum atomic E-state index is -0.289. The summed E-state index contributed by atoms with van der Waals surface area (Å²) < 4.78 is 1.51. The van der Waals surface area contributed by atoms with Gasteiger partial charge in [-0.3, -0.25) is 3.11 Å². The van der Waals surface area contributed by atoms with Crippen molar-refractivity contribution in [2.45, 2.75) is 13.8 Å². The van der Waals surface area contributed by atoms with Crippen molar-refractivity contribution in [1.29, 1.82) is 0 Å². The number of urea groups is 2. The average molecular weight is 311 g/mol. The molecule has 1 aliphatic rings. The molecule has 0 aromatic rings. The molecule has 0 spiro atoms. The SMILES string of the molecule is CC(C)CNC(=O)N1CCN(I)C1=O. The van der Waals surface area contributed by atoms with E-state index in [1.54, 1.807) is 0 Å². The van der Waals surface area contributed by atoms with E-state index in [0.29, 0.717) is 25.6 Å². The van der Waals surface area contributed by atoms with Crippen molar-refractivity contribution in [3.63, 3.8) is 0 Å². The number of nitrogens with zero attached hydrogens (tertiary/aromatic N) is 2. The van der Waals surface area contributed by atoms with Gasteiger partial charge in [-0.15, -0.1) is 0 Å². The fraction of sp³-hybridized carbons (Fsp3) is 0.750. The molecule has 1 rings (SSSR count). The summed E-state index contributed by atoms with van der Waals surface area (Å²) in [6.45, 7) is 5.71. The number of imide groups is 1. The number of nitrogens with one attached hydrogen (secondary N) is 1. The van der Waals surface area contributed by atoms with E-state index in [0.717, 1.165) is 0 Å². The highest BCUT2D eigenvalue weighted by atomic mass is 127. The highest BCUT2D eigenvalue weighted by Crippen LogP contribution is 2.12. The van der Waals surface area contributed by atoms with Gasteiger partial charge in [-0.1, -0.05) is 13.8 Å². The lowest BCUT2D eigenvalue weighted by Crippen LogP contribution is -2.42. The zero-order valence-electron chi connectivity index (χ0n) is 8.29. The van der Waals surface area contributed by atoms with Crippen LogP contribution in [0.2, 0.25) is 0 Å². The molecule has 14 heavy (non-hydrogen) atoms. The number of carbonyl (C=O) groups excluding carboxylic acids is 2. The highest BCUT2D eigenvalue weighted by molar-refractivity contribution is 14.1. The standard InChI is InChI=1S/C8H14IN3O2/c1-6(2)5-10-7(13)11-3-4-12(9)8(11)14/h6H,3-5H2,1-2H3,(H,10,13). The van der Waals surface area contributed by atoms with Gasteiger partial charge >= 0.3 is 12.1 Å². The predicted octanol–water partition coefficient (Wildman–Crippen LogP) is 1.44. The molecule has 0 aliphatic carbocycles. The molecule has 6 heteroatoms. The van der Waals surface area contributed by atoms with Crippen LogP contribution in [0.15, 0.2) is 0 Å². The number of carbonyl (C=O) groups is 2. The van der Waals surface area contributed by atoms with Crippen molar-refractivity contribution in [2.24, 2.45) is 5.92 Å². The fourth-order valence-corrected chi connectivity index (χ4v) is 1.56. The maximum atomic E-state index is 11.5. The molecule has 0 radical (unpaired) electrons. The maximum absolute atomic E-state index is 11.5. The largest absolute Gasteiger partial charge is 0.337 e. The molecule has 0 aromatic carbocycles. The Morgan fingerprint density at radius 1 is 1.57 bits per heavy atom. The molecule has 0 unspecified atom stereocenters. The first-order valence-electron chi connectivity index (χ1n) is 4.55. The number of hydrogen-bond donors (Lipinski definition) is 1. The summed E-state index contributed by atoms with van der Waals surface area (Å²) in [5, 5.41) is 2.71. The minimum absolute atomic E-state index is 0.230. The van der Waals surface area contributed by atoms with Gasteiger partial charge in [0.15, 0.2) is 0 Å². The Morgan fingerprint density at radius 2 is 2.21 bits per heavy atom. The van der Waals surface area contributed by atoms with Crippen LogP contribution < -0.4 is 5.32 Å². The monoisotopic (exact) mass is 311 g/mol. The number of rotatable bonds is 2. The van der Waals surface area contributed by atoms with Crippen LogP contribution >= 0.6 is 22.9 Å². The number of hydrogen-bond acceptors (Lipinski definition) is 2. The van der Waals surface area contributed by atoms with Crippen LogP contribution in [0.25, 0.3) is 0 Å². The Morgan fingerprint density at radius 3 is 2.64 bits per heavy atom. The highest BCUT2D eigenvalue weighted by Gasteiger charge is 2.31. The first-order chi connectivity index (χ1) is 6.52. The molecule has 1 aliphatic heterocycles. The Hall–Kier alpha value is -0.530. The van der Waals surface area contributed by atoms with E-state index >= 15 is 0 Å². The molecule has 0 saturated carbocycles. The molecular formula is C8H14IN3O2. The van der Waals surface area contributed by atoms with E-state index < -0.39 is 0 Å². The third kappa shape index (κ3) is 2.73. The van der Waals surface area contributed by atoms with Gasteiger partial charge < -0.3 is 5.32 Å². The Kier molecular flexibility index (Phi) is 3.97. The molecule has 1 fully saturated rings. The van der Waals surface area contributed by atoms with Crippen LogP contribution in [0.4, 0.5) is 9.59 Å². The fourth-order valence-electron chi connectivity index (χ4n) is 1.09. The van der Waals surface area contributed by atoms with Crippen LogP contribution in [0.5, 0.6) is 0 Å². The van der Waals surface area contributed by atoms with Crippen molar-refractivity contribution in [3.8, 4) is 0 Å². The van der Waals surface area contributed by atoms with Crippen molar-refractivity contribution in [3.05, 3.63) is 0 Å². The smallest absolute Gasteiger partial charge is 0.337 e. The first kappa shape index (κ1) is 11.5. The summed E-state index contributed by atoms with van der Waals surface area (Å²) in [6, 6.07) is -0.519. The summed E-state index contributed by atoms with van der Waals surface area (Å²) in [5.41, 5.74) is 0. The van der Waals surface area contributed by atoms with Gasteiger partial charge in [0.25, 0.3) is 0 Å². The van der Waals surface area contributed by atoms with Gasteiger partial charge in [-0.05, 0) is 5.92 Å². The van der Waals surface area contributed by atoms with Gasteiger partial charge in [0.1, 0.15) is 0 Å². The Balaban J connectivity index is 2.42. The topological polar surface area (TPSA) is 52.7 Å². The van der Waals surface area contributed by atoms with Crippen LogP contribution in [0.3, 0.4) is 0 Å². The van der Waals surface area contributed by atoms with Gasteiger partial charge in [-0.2, -0.15) is 0 Å². The van der Waals surface area contributed by atoms with E-state index in [1.165, 1.54) is 8.01 Å². The normalized spacial score (nSPS) is 16.7. The molecule has 4 amide bonds. The summed E-state index contributed by atoms with van der Waals surface area (Å²) in [5.74, 6) is 0.396. The van der Waals surface area contributed by atoms with Crippen LogP contribution in [0.1, 0.15) is 13.8 Å². The average Bonchev–Trinajstić information content (AvgIpc) is 2.44. The van der Waals surface area contributed by atoms with Crippen molar-refractivity contribution >= 4 is 34.9 Å².